The van der Waals surface area contributed by atoms with Crippen LogP contribution in [-0.4, -0.2) is 31.6 Å². The largest absolute Gasteiger partial charge is 0.316 e. The summed E-state index contributed by atoms with van der Waals surface area (Å²) in [5.74, 6) is 0.621. The molecule has 1 aromatic carbocycles. The van der Waals surface area contributed by atoms with E-state index in [1.165, 1.54) is 18.4 Å². The first-order valence-electron chi connectivity index (χ1n) is 6.99. The predicted octanol–water partition coefficient (Wildman–Crippen LogP) is 3.99. The van der Waals surface area contributed by atoms with Gasteiger partial charge in [0.05, 0.1) is 0 Å². The molecular formula is C15H22Cl2N2. The lowest BCUT2D eigenvalue weighted by Gasteiger charge is -2.26. The van der Waals surface area contributed by atoms with Crippen molar-refractivity contribution in [3.8, 4) is 0 Å². The molecule has 1 aromatic rings. The van der Waals surface area contributed by atoms with E-state index in [1.54, 1.807) is 0 Å². The molecule has 2 rings (SSSR count). The molecule has 0 aromatic heterocycles. The van der Waals surface area contributed by atoms with E-state index in [9.17, 15) is 0 Å². The third-order valence-corrected chi connectivity index (χ3v) is 4.45. The second-order valence-electron chi connectivity index (χ2n) is 5.34. The Hall–Kier alpha value is -0.280. The number of rotatable bonds is 5. The Bertz CT molecular complexity index is 423. The minimum Gasteiger partial charge on any atom is -0.316 e. The second kappa shape index (κ2) is 6.94. The predicted molar refractivity (Wildman–Crippen MR) is 83.1 cm³/mol. The third-order valence-electron chi connectivity index (χ3n) is 3.89. The van der Waals surface area contributed by atoms with Crippen LogP contribution in [0.15, 0.2) is 18.2 Å². The van der Waals surface area contributed by atoms with Crippen molar-refractivity contribution in [3.05, 3.63) is 33.8 Å². The maximum atomic E-state index is 6.37. The molecule has 2 nitrogen and oxygen atoms in total. The van der Waals surface area contributed by atoms with E-state index in [0.717, 1.165) is 24.7 Å². The van der Waals surface area contributed by atoms with Crippen molar-refractivity contribution in [3.63, 3.8) is 0 Å². The van der Waals surface area contributed by atoms with E-state index in [4.69, 9.17) is 23.2 Å². The zero-order valence-electron chi connectivity index (χ0n) is 11.6. The highest BCUT2D eigenvalue weighted by Gasteiger charge is 2.33. The van der Waals surface area contributed by atoms with E-state index in [-0.39, 0.29) is 0 Å². The molecule has 1 fully saturated rings. The van der Waals surface area contributed by atoms with Gasteiger partial charge in [-0.2, -0.15) is 0 Å². The van der Waals surface area contributed by atoms with Gasteiger partial charge in [0.1, 0.15) is 0 Å². The van der Waals surface area contributed by atoms with Gasteiger partial charge >= 0.3 is 0 Å². The molecule has 4 heteroatoms. The first-order valence-corrected chi connectivity index (χ1v) is 7.75. The number of halogens is 2. The van der Waals surface area contributed by atoms with Crippen LogP contribution < -0.4 is 5.32 Å². The zero-order chi connectivity index (χ0) is 13.8. The number of nitrogens with one attached hydrogen (secondary N) is 1. The van der Waals surface area contributed by atoms with Crippen molar-refractivity contribution < 1.29 is 0 Å². The molecule has 2 unspecified atom stereocenters. The standard InChI is InChI=1S/C15H22Cl2N2/c1-3-7-18-10-11-6-8-19(2)15(11)13-5-4-12(16)9-14(13)17/h4-5,9,11,15,18H,3,6-8,10H2,1-2H3. The van der Waals surface area contributed by atoms with Crippen LogP contribution in [0, 0.1) is 5.92 Å². The molecule has 1 aliphatic rings. The summed E-state index contributed by atoms with van der Waals surface area (Å²) >= 11 is 12.4. The third kappa shape index (κ3) is 3.63. The summed E-state index contributed by atoms with van der Waals surface area (Å²) in [5, 5.41) is 5.02. The lowest BCUT2D eigenvalue weighted by atomic mass is 9.93. The smallest absolute Gasteiger partial charge is 0.0468 e. The van der Waals surface area contributed by atoms with E-state index >= 15 is 0 Å². The first kappa shape index (κ1) is 15.1. The molecule has 2 atom stereocenters. The quantitative estimate of drug-likeness (QED) is 0.827. The van der Waals surface area contributed by atoms with Gasteiger partial charge in [-0.3, -0.25) is 4.90 Å². The molecule has 0 spiro atoms. The van der Waals surface area contributed by atoms with Crippen molar-refractivity contribution in [2.75, 3.05) is 26.7 Å². The normalized spacial score (nSPS) is 24.0. The van der Waals surface area contributed by atoms with E-state index < -0.39 is 0 Å². The highest BCUT2D eigenvalue weighted by molar-refractivity contribution is 6.35. The van der Waals surface area contributed by atoms with Gasteiger partial charge < -0.3 is 5.32 Å². The summed E-state index contributed by atoms with van der Waals surface area (Å²) in [6, 6.07) is 6.26. The number of nitrogens with zero attached hydrogens (tertiary/aromatic N) is 1. The van der Waals surface area contributed by atoms with E-state index in [1.807, 2.05) is 12.1 Å². The molecule has 19 heavy (non-hydrogen) atoms. The number of hydrogen-bond acceptors (Lipinski definition) is 2. The zero-order valence-corrected chi connectivity index (χ0v) is 13.1. The molecule has 0 amide bonds. The Morgan fingerprint density at radius 1 is 1.37 bits per heavy atom. The van der Waals surface area contributed by atoms with Gasteiger partial charge in [-0.1, -0.05) is 36.2 Å². The maximum Gasteiger partial charge on any atom is 0.0468 e. The van der Waals surface area contributed by atoms with Crippen molar-refractivity contribution in [1.82, 2.24) is 10.2 Å². The Morgan fingerprint density at radius 2 is 2.16 bits per heavy atom. The second-order valence-corrected chi connectivity index (χ2v) is 6.19. The minimum absolute atomic E-state index is 0.397. The summed E-state index contributed by atoms with van der Waals surface area (Å²) < 4.78 is 0. The monoisotopic (exact) mass is 300 g/mol. The molecule has 0 saturated carbocycles. The number of likely N-dealkylation sites (tertiary alicyclic amines) is 1. The highest BCUT2D eigenvalue weighted by Crippen LogP contribution is 2.39. The lowest BCUT2D eigenvalue weighted by Crippen LogP contribution is -2.29. The van der Waals surface area contributed by atoms with Gasteiger partial charge in [0.25, 0.3) is 0 Å². The first-order chi connectivity index (χ1) is 9.13. The topological polar surface area (TPSA) is 15.3 Å². The van der Waals surface area contributed by atoms with Crippen molar-refractivity contribution in [2.24, 2.45) is 5.92 Å². The fourth-order valence-electron chi connectivity index (χ4n) is 2.94. The van der Waals surface area contributed by atoms with Gasteiger partial charge in [-0.25, -0.2) is 0 Å². The summed E-state index contributed by atoms with van der Waals surface area (Å²) in [6.45, 7) is 5.46. The SMILES string of the molecule is CCCNCC1CCN(C)C1c1ccc(Cl)cc1Cl. The van der Waals surface area contributed by atoms with Crippen LogP contribution in [0.1, 0.15) is 31.4 Å². The van der Waals surface area contributed by atoms with Crippen molar-refractivity contribution >= 4 is 23.2 Å². The summed E-state index contributed by atoms with van der Waals surface area (Å²) in [6.07, 6.45) is 2.39. The highest BCUT2D eigenvalue weighted by atomic mass is 35.5. The Morgan fingerprint density at radius 3 is 2.84 bits per heavy atom. The Balaban J connectivity index is 2.14. The van der Waals surface area contributed by atoms with Crippen LogP contribution >= 0.6 is 23.2 Å². The van der Waals surface area contributed by atoms with Crippen LogP contribution in [0.25, 0.3) is 0 Å². The van der Waals surface area contributed by atoms with Gasteiger partial charge in [0.2, 0.25) is 0 Å². The molecule has 0 radical (unpaired) electrons. The van der Waals surface area contributed by atoms with E-state index in [0.29, 0.717) is 17.0 Å². The number of hydrogen-bond donors (Lipinski definition) is 1. The fourth-order valence-corrected chi connectivity index (χ4v) is 3.46. The Kier molecular flexibility index (Phi) is 5.52. The average molecular weight is 301 g/mol. The van der Waals surface area contributed by atoms with Crippen LogP contribution in [0.4, 0.5) is 0 Å². The molecule has 0 bridgehead atoms. The minimum atomic E-state index is 0.397. The van der Waals surface area contributed by atoms with E-state index in [2.05, 4.69) is 30.3 Å². The summed E-state index contributed by atoms with van der Waals surface area (Å²) in [7, 11) is 2.18. The molecule has 1 saturated heterocycles. The molecular weight excluding hydrogens is 279 g/mol. The van der Waals surface area contributed by atoms with Crippen LogP contribution in [-0.2, 0) is 0 Å². The summed E-state index contributed by atoms with van der Waals surface area (Å²) in [5.41, 5.74) is 1.20. The maximum absolute atomic E-state index is 6.37. The van der Waals surface area contributed by atoms with Crippen molar-refractivity contribution in [2.45, 2.75) is 25.8 Å². The van der Waals surface area contributed by atoms with Gasteiger partial charge in [-0.05, 0) is 63.1 Å². The van der Waals surface area contributed by atoms with Gasteiger partial charge in [0.15, 0.2) is 0 Å². The van der Waals surface area contributed by atoms with Gasteiger partial charge in [-0.15, -0.1) is 0 Å². The Labute approximate surface area is 126 Å². The molecule has 1 heterocycles. The average Bonchev–Trinajstić information content (AvgIpc) is 2.72. The van der Waals surface area contributed by atoms with Crippen LogP contribution in [0.3, 0.4) is 0 Å². The molecule has 106 valence electrons. The van der Waals surface area contributed by atoms with Crippen LogP contribution in [0.2, 0.25) is 10.0 Å². The fraction of sp³-hybridized carbons (Fsp3) is 0.600. The number of benzene rings is 1. The van der Waals surface area contributed by atoms with Crippen molar-refractivity contribution in [1.29, 1.82) is 0 Å². The summed E-state index contributed by atoms with van der Waals surface area (Å²) in [4.78, 5) is 2.40. The molecule has 1 N–H and O–H groups in total. The molecule has 0 aliphatic carbocycles. The molecule has 1 aliphatic heterocycles. The lowest BCUT2D eigenvalue weighted by molar-refractivity contribution is 0.272. The van der Waals surface area contributed by atoms with Gasteiger partial charge in [0, 0.05) is 16.1 Å². The van der Waals surface area contributed by atoms with Crippen LogP contribution in [0.5, 0.6) is 0 Å².